The van der Waals surface area contributed by atoms with Crippen LogP contribution in [0.1, 0.15) is 23.4 Å². The lowest BCUT2D eigenvalue weighted by Gasteiger charge is -2.35. The molecule has 178 valence electrons. The Morgan fingerprint density at radius 1 is 1.09 bits per heavy atom. The number of aromatic nitrogens is 1. The van der Waals surface area contributed by atoms with Crippen molar-refractivity contribution >= 4 is 28.5 Å². The number of nitrogens with zero attached hydrogens (tertiary/aromatic N) is 3. The van der Waals surface area contributed by atoms with Gasteiger partial charge in [-0.2, -0.15) is 0 Å². The van der Waals surface area contributed by atoms with Gasteiger partial charge in [0.2, 0.25) is 0 Å². The maximum atomic E-state index is 12.5. The number of carbonyl (C=O) groups excluding carboxylic acids is 2. The molecular weight excluding hydrogens is 436 g/mol. The first-order valence-electron chi connectivity index (χ1n) is 11.7. The van der Waals surface area contributed by atoms with E-state index in [2.05, 4.69) is 10.2 Å². The summed E-state index contributed by atoms with van der Waals surface area (Å²) in [6, 6.07) is 13.1. The highest BCUT2D eigenvalue weighted by Crippen LogP contribution is 2.27. The molecule has 2 fully saturated rings. The topological polar surface area (TPSA) is 97.1 Å². The summed E-state index contributed by atoms with van der Waals surface area (Å²) in [6.45, 7) is 3.69. The lowest BCUT2D eigenvalue weighted by molar-refractivity contribution is -0.123. The number of carbonyl (C=O) groups is 2. The first kappa shape index (κ1) is 22.2. The maximum Gasteiger partial charge on any atom is 0.289 e. The van der Waals surface area contributed by atoms with Crippen LogP contribution in [-0.4, -0.2) is 73.7 Å². The second kappa shape index (κ2) is 10.1. The summed E-state index contributed by atoms with van der Waals surface area (Å²) in [5, 5.41) is 3.81. The van der Waals surface area contributed by atoms with Crippen molar-refractivity contribution in [2.75, 3.05) is 50.8 Å². The smallest absolute Gasteiger partial charge is 0.289 e. The summed E-state index contributed by atoms with van der Waals surface area (Å²) in [7, 11) is 0. The van der Waals surface area contributed by atoms with Crippen molar-refractivity contribution in [3.63, 3.8) is 0 Å². The van der Waals surface area contributed by atoms with Gasteiger partial charge in [-0.25, -0.2) is 4.98 Å². The van der Waals surface area contributed by atoms with Gasteiger partial charge in [0.15, 0.2) is 12.4 Å². The molecule has 3 aromatic rings. The van der Waals surface area contributed by atoms with Crippen LogP contribution in [0.25, 0.3) is 10.9 Å². The van der Waals surface area contributed by atoms with Crippen LogP contribution in [0.15, 0.2) is 53.1 Å². The molecule has 2 aliphatic rings. The number of hydrogen-bond donors (Lipinski definition) is 1. The second-order valence-electron chi connectivity index (χ2n) is 8.48. The molecule has 2 saturated heterocycles. The molecule has 2 aliphatic heterocycles. The van der Waals surface area contributed by atoms with Gasteiger partial charge in [0.05, 0.1) is 12.4 Å². The summed E-state index contributed by atoms with van der Waals surface area (Å²) >= 11 is 0. The Hall–Kier alpha value is -3.59. The minimum Gasteiger partial charge on any atom is -0.481 e. The largest absolute Gasteiger partial charge is 0.481 e. The van der Waals surface area contributed by atoms with Gasteiger partial charge in [-0.1, -0.05) is 12.1 Å². The van der Waals surface area contributed by atoms with E-state index in [0.717, 1.165) is 30.7 Å². The third kappa shape index (κ3) is 4.99. The number of rotatable bonds is 7. The molecule has 4 heterocycles. The van der Waals surface area contributed by atoms with E-state index >= 15 is 0 Å². The molecule has 0 saturated carbocycles. The van der Waals surface area contributed by atoms with Crippen LogP contribution >= 0.6 is 0 Å². The van der Waals surface area contributed by atoms with Crippen LogP contribution in [0.4, 0.5) is 5.82 Å². The predicted octanol–water partition coefficient (Wildman–Crippen LogP) is 2.46. The van der Waals surface area contributed by atoms with Gasteiger partial charge in [-0.15, -0.1) is 0 Å². The van der Waals surface area contributed by atoms with Crippen molar-refractivity contribution in [1.29, 1.82) is 0 Å². The van der Waals surface area contributed by atoms with Crippen molar-refractivity contribution in [2.45, 2.75) is 18.9 Å². The molecule has 1 N–H and O–H groups in total. The first-order valence-corrected chi connectivity index (χ1v) is 11.7. The van der Waals surface area contributed by atoms with E-state index in [1.165, 1.54) is 6.26 Å². The number of furan rings is 1. The number of piperazine rings is 1. The predicted molar refractivity (Wildman–Crippen MR) is 126 cm³/mol. The SMILES string of the molecule is O=C(COc1cccc2ccc(N3CCN(C(=O)c4ccco4)CC3)nc12)NC[C@H]1CCCO1. The first-order chi connectivity index (χ1) is 16.7. The van der Waals surface area contributed by atoms with Crippen LogP contribution in [0.3, 0.4) is 0 Å². The minimum atomic E-state index is -0.180. The fourth-order valence-corrected chi connectivity index (χ4v) is 4.32. The number of amides is 2. The van der Waals surface area contributed by atoms with E-state index < -0.39 is 0 Å². The number of ether oxygens (including phenoxy) is 2. The zero-order valence-electron chi connectivity index (χ0n) is 18.9. The third-order valence-corrected chi connectivity index (χ3v) is 6.20. The highest BCUT2D eigenvalue weighted by atomic mass is 16.5. The standard InChI is InChI=1S/C25H28N4O5/c30-23(26-16-19-5-2-14-32-19)17-34-20-6-1-4-18-8-9-22(27-24(18)20)28-10-12-29(13-11-28)25(31)21-7-3-15-33-21/h1,3-4,6-9,15,19H,2,5,10-14,16-17H2,(H,26,30)/t19-/m1/s1. The average Bonchev–Trinajstić information content (AvgIpc) is 3.60. The van der Waals surface area contributed by atoms with Crippen LogP contribution in [0.2, 0.25) is 0 Å². The van der Waals surface area contributed by atoms with Gasteiger partial charge in [-0.3, -0.25) is 9.59 Å². The molecule has 2 amide bonds. The molecule has 0 spiro atoms. The maximum absolute atomic E-state index is 12.5. The van der Waals surface area contributed by atoms with Crippen LogP contribution < -0.4 is 15.0 Å². The number of pyridine rings is 1. The van der Waals surface area contributed by atoms with Crippen LogP contribution in [0, 0.1) is 0 Å². The lowest BCUT2D eigenvalue weighted by atomic mass is 10.2. The number of benzene rings is 1. The normalized spacial score (nSPS) is 18.3. The molecule has 0 unspecified atom stereocenters. The van der Waals surface area contributed by atoms with Gasteiger partial charge < -0.3 is 29.0 Å². The Balaban J connectivity index is 1.21. The molecule has 9 heteroatoms. The zero-order valence-corrected chi connectivity index (χ0v) is 18.9. The number of para-hydroxylation sites is 1. The molecule has 2 aromatic heterocycles. The molecule has 0 aliphatic carbocycles. The Morgan fingerprint density at radius 2 is 1.97 bits per heavy atom. The Morgan fingerprint density at radius 3 is 2.74 bits per heavy atom. The van der Waals surface area contributed by atoms with E-state index in [4.69, 9.17) is 18.9 Å². The van der Waals surface area contributed by atoms with E-state index in [-0.39, 0.29) is 24.5 Å². The van der Waals surface area contributed by atoms with Gasteiger partial charge in [0.1, 0.15) is 17.1 Å². The molecule has 9 nitrogen and oxygen atoms in total. The Kier molecular flexibility index (Phi) is 6.62. The molecule has 0 radical (unpaired) electrons. The number of fused-ring (bicyclic) bond motifs is 1. The fourth-order valence-electron chi connectivity index (χ4n) is 4.32. The van der Waals surface area contributed by atoms with Crippen molar-refractivity contribution in [1.82, 2.24) is 15.2 Å². The van der Waals surface area contributed by atoms with Gasteiger partial charge in [0.25, 0.3) is 11.8 Å². The van der Waals surface area contributed by atoms with Crippen molar-refractivity contribution in [3.8, 4) is 5.75 Å². The number of hydrogen-bond acceptors (Lipinski definition) is 7. The van der Waals surface area contributed by atoms with E-state index in [1.807, 2.05) is 30.3 Å². The number of nitrogens with one attached hydrogen (secondary N) is 1. The Bertz CT molecular complexity index is 1140. The zero-order chi connectivity index (χ0) is 23.3. The summed E-state index contributed by atoms with van der Waals surface area (Å²) in [4.78, 5) is 33.5. The van der Waals surface area contributed by atoms with E-state index in [9.17, 15) is 9.59 Å². The van der Waals surface area contributed by atoms with Gasteiger partial charge in [0, 0.05) is 44.7 Å². The highest BCUT2D eigenvalue weighted by molar-refractivity contribution is 5.91. The lowest BCUT2D eigenvalue weighted by Crippen LogP contribution is -2.49. The summed E-state index contributed by atoms with van der Waals surface area (Å²) in [6.07, 6.45) is 3.62. The molecular formula is C25H28N4O5. The van der Waals surface area contributed by atoms with Gasteiger partial charge >= 0.3 is 0 Å². The van der Waals surface area contributed by atoms with E-state index in [1.54, 1.807) is 17.0 Å². The summed E-state index contributed by atoms with van der Waals surface area (Å²) in [5.41, 5.74) is 0.709. The minimum absolute atomic E-state index is 0.0781. The van der Waals surface area contributed by atoms with Crippen LogP contribution in [-0.2, 0) is 9.53 Å². The van der Waals surface area contributed by atoms with Crippen molar-refractivity contribution < 1.29 is 23.5 Å². The molecule has 5 rings (SSSR count). The average molecular weight is 465 g/mol. The molecule has 1 aromatic carbocycles. The highest BCUT2D eigenvalue weighted by Gasteiger charge is 2.24. The summed E-state index contributed by atoms with van der Waals surface area (Å²) < 4.78 is 16.6. The monoisotopic (exact) mass is 464 g/mol. The van der Waals surface area contributed by atoms with E-state index in [0.29, 0.717) is 49.8 Å². The van der Waals surface area contributed by atoms with Crippen molar-refractivity contribution in [2.24, 2.45) is 0 Å². The second-order valence-corrected chi connectivity index (χ2v) is 8.48. The summed E-state index contributed by atoms with van der Waals surface area (Å²) in [5.74, 6) is 1.47. The molecule has 34 heavy (non-hydrogen) atoms. The number of anilines is 1. The van der Waals surface area contributed by atoms with Crippen LogP contribution in [0.5, 0.6) is 5.75 Å². The Labute approximate surface area is 197 Å². The fraction of sp³-hybridized carbons (Fsp3) is 0.400. The third-order valence-electron chi connectivity index (χ3n) is 6.20. The molecule has 0 bridgehead atoms. The van der Waals surface area contributed by atoms with Crippen molar-refractivity contribution in [3.05, 3.63) is 54.5 Å². The quantitative estimate of drug-likeness (QED) is 0.574. The molecule has 1 atom stereocenters. The van der Waals surface area contributed by atoms with Gasteiger partial charge in [-0.05, 0) is 43.2 Å².